The minimum Gasteiger partial charge on any atom is -0.406 e. The highest BCUT2D eigenvalue weighted by atomic mass is 19.4. The zero-order chi connectivity index (χ0) is 25.1. The predicted molar refractivity (Wildman–Crippen MR) is 124 cm³/mol. The summed E-state index contributed by atoms with van der Waals surface area (Å²) in [5, 5.41) is 15.6. The first-order valence-electron chi connectivity index (χ1n) is 10.8. The number of pyridine rings is 1. The molecule has 2 heterocycles. The Morgan fingerprint density at radius 3 is 2.47 bits per heavy atom. The maximum atomic E-state index is 12.0. The molecule has 3 N–H and O–H groups in total. The summed E-state index contributed by atoms with van der Waals surface area (Å²) in [6.07, 6.45) is 0.318. The Bertz CT molecular complexity index is 1020. The molecular formula is C24H29F3N4O3. The van der Waals surface area contributed by atoms with Crippen molar-refractivity contribution in [3.05, 3.63) is 59.9 Å². The molecule has 1 aromatic carbocycles. The number of ether oxygens (including phenoxy) is 1. The van der Waals surface area contributed by atoms with E-state index in [0.29, 0.717) is 12.0 Å². The number of carbonyl (C=O) groups excluding carboxylic acids is 1. The number of nitrogens with zero attached hydrogens (tertiary/aromatic N) is 2. The molecule has 4 rings (SSSR count). The summed E-state index contributed by atoms with van der Waals surface area (Å²) in [6, 6.07) is 6.42. The van der Waals surface area contributed by atoms with E-state index in [2.05, 4.69) is 44.9 Å². The van der Waals surface area contributed by atoms with Crippen LogP contribution in [-0.2, 0) is 4.79 Å². The minimum atomic E-state index is -4.75. The van der Waals surface area contributed by atoms with Crippen LogP contribution >= 0.6 is 0 Å². The molecule has 0 radical (unpaired) electrons. The Labute approximate surface area is 196 Å². The third kappa shape index (κ3) is 6.86. The standard InChI is InChI=1S/C12H14F3NO3.C12H15N3/c1-11(2,18)10(16-7-17)8-3-5-9(6-4-8)19-12(13,14)15;1-8-7-15(2)12-11(14-8)5-10(6-13-12)9-3-4-9/h3-7,10,18H,1-2H3,(H,16,17);5-6,9,14H,1,3-4,7H2,2H3. The molecule has 1 unspecified atom stereocenters. The number of benzene rings is 1. The van der Waals surface area contributed by atoms with Crippen molar-refractivity contribution in [1.82, 2.24) is 10.3 Å². The maximum Gasteiger partial charge on any atom is 0.573 e. The van der Waals surface area contributed by atoms with E-state index in [9.17, 15) is 23.1 Å². The number of fused-ring (bicyclic) bond motifs is 1. The van der Waals surface area contributed by atoms with Gasteiger partial charge in [0.15, 0.2) is 5.82 Å². The van der Waals surface area contributed by atoms with E-state index in [4.69, 9.17) is 0 Å². The molecule has 1 aliphatic heterocycles. The molecule has 1 aromatic heterocycles. The SMILES string of the molecule is C=C1CN(C)c2ncc(C3CC3)cc2N1.CC(C)(O)C(NC=O)c1ccc(OC(F)(F)F)cc1. The van der Waals surface area contributed by atoms with E-state index < -0.39 is 18.0 Å². The van der Waals surface area contributed by atoms with Crippen LogP contribution in [0.15, 0.2) is 48.8 Å². The van der Waals surface area contributed by atoms with E-state index in [1.54, 1.807) is 0 Å². The van der Waals surface area contributed by atoms with Crippen molar-refractivity contribution >= 4 is 17.9 Å². The third-order valence-electron chi connectivity index (χ3n) is 5.43. The van der Waals surface area contributed by atoms with Gasteiger partial charge in [-0.05, 0) is 61.9 Å². The van der Waals surface area contributed by atoms with Crippen molar-refractivity contribution in [2.45, 2.75) is 50.6 Å². The summed E-state index contributed by atoms with van der Waals surface area (Å²) < 4.78 is 39.7. The van der Waals surface area contributed by atoms with Gasteiger partial charge in [0, 0.05) is 18.9 Å². The highest BCUT2D eigenvalue weighted by Gasteiger charge is 2.32. The van der Waals surface area contributed by atoms with E-state index in [1.807, 2.05) is 6.20 Å². The number of aliphatic hydroxyl groups is 1. The van der Waals surface area contributed by atoms with Gasteiger partial charge in [0.1, 0.15) is 5.75 Å². The number of hydrogen-bond acceptors (Lipinski definition) is 6. The van der Waals surface area contributed by atoms with Crippen LogP contribution < -0.4 is 20.3 Å². The Kier molecular flexibility index (Phi) is 7.40. The number of anilines is 2. The van der Waals surface area contributed by atoms with Crippen LogP contribution in [0, 0.1) is 0 Å². The van der Waals surface area contributed by atoms with Gasteiger partial charge in [0.2, 0.25) is 6.41 Å². The molecule has 34 heavy (non-hydrogen) atoms. The van der Waals surface area contributed by atoms with Gasteiger partial charge in [0.05, 0.1) is 23.9 Å². The molecule has 2 aromatic rings. The second kappa shape index (κ2) is 9.92. The molecule has 0 saturated heterocycles. The second-order valence-corrected chi connectivity index (χ2v) is 8.99. The Balaban J connectivity index is 0.000000195. The first kappa shape index (κ1) is 25.4. The van der Waals surface area contributed by atoms with Crippen molar-refractivity contribution in [2.24, 2.45) is 0 Å². The summed E-state index contributed by atoms with van der Waals surface area (Å²) in [4.78, 5) is 17.1. The lowest BCUT2D eigenvalue weighted by atomic mass is 9.92. The zero-order valence-corrected chi connectivity index (χ0v) is 19.3. The van der Waals surface area contributed by atoms with E-state index >= 15 is 0 Å². The number of hydrogen-bond donors (Lipinski definition) is 3. The summed E-state index contributed by atoms with van der Waals surface area (Å²) in [5.74, 6) is 1.42. The van der Waals surface area contributed by atoms with Gasteiger partial charge in [-0.3, -0.25) is 4.79 Å². The van der Waals surface area contributed by atoms with Gasteiger partial charge in [0.25, 0.3) is 0 Å². The molecule has 1 aliphatic carbocycles. The fourth-order valence-electron chi connectivity index (χ4n) is 3.74. The number of amides is 1. The number of aromatic nitrogens is 1. The molecule has 10 heteroatoms. The molecule has 1 atom stereocenters. The molecule has 184 valence electrons. The third-order valence-corrected chi connectivity index (χ3v) is 5.43. The number of alkyl halides is 3. The zero-order valence-electron chi connectivity index (χ0n) is 19.3. The van der Waals surface area contributed by atoms with Crippen molar-refractivity contribution in [3.8, 4) is 5.75 Å². The van der Waals surface area contributed by atoms with Gasteiger partial charge in [-0.15, -0.1) is 13.2 Å². The number of nitrogens with one attached hydrogen (secondary N) is 2. The maximum absolute atomic E-state index is 12.0. The lowest BCUT2D eigenvalue weighted by Gasteiger charge is -2.29. The smallest absolute Gasteiger partial charge is 0.406 e. The number of halogens is 3. The van der Waals surface area contributed by atoms with Crippen LogP contribution in [0.1, 0.15) is 49.8 Å². The van der Waals surface area contributed by atoms with Crippen molar-refractivity contribution in [1.29, 1.82) is 0 Å². The van der Waals surface area contributed by atoms with Gasteiger partial charge in [-0.2, -0.15) is 0 Å². The number of rotatable bonds is 6. The fraction of sp³-hybridized carbons (Fsp3) is 0.417. The molecule has 1 saturated carbocycles. The number of likely N-dealkylation sites (N-methyl/N-ethyl adjacent to an activating group) is 1. The Hall–Kier alpha value is -3.27. The predicted octanol–water partition coefficient (Wildman–Crippen LogP) is 4.48. The first-order valence-corrected chi connectivity index (χ1v) is 10.8. The summed E-state index contributed by atoms with van der Waals surface area (Å²) in [7, 11) is 2.05. The topological polar surface area (TPSA) is 86.7 Å². The van der Waals surface area contributed by atoms with Crippen LogP contribution in [-0.4, -0.2) is 42.1 Å². The van der Waals surface area contributed by atoms with E-state index in [1.165, 1.54) is 44.4 Å². The highest BCUT2D eigenvalue weighted by Crippen LogP contribution is 2.42. The summed E-state index contributed by atoms with van der Waals surface area (Å²) in [6.45, 7) is 7.77. The minimum absolute atomic E-state index is 0.364. The van der Waals surface area contributed by atoms with Crippen LogP contribution in [0.5, 0.6) is 5.75 Å². The molecule has 2 aliphatic rings. The van der Waals surface area contributed by atoms with E-state index in [-0.39, 0.29) is 5.75 Å². The molecule has 1 amide bonds. The van der Waals surface area contributed by atoms with Gasteiger partial charge >= 0.3 is 6.36 Å². The molecule has 1 fully saturated rings. The average molecular weight is 479 g/mol. The molecular weight excluding hydrogens is 449 g/mol. The van der Waals surface area contributed by atoms with Crippen LogP contribution in [0.4, 0.5) is 24.7 Å². The Morgan fingerprint density at radius 1 is 1.29 bits per heavy atom. The molecule has 7 nitrogen and oxygen atoms in total. The van der Waals surface area contributed by atoms with Crippen molar-refractivity contribution in [3.63, 3.8) is 0 Å². The van der Waals surface area contributed by atoms with Crippen LogP contribution in [0.25, 0.3) is 0 Å². The van der Waals surface area contributed by atoms with Gasteiger partial charge in [-0.25, -0.2) is 4.98 Å². The average Bonchev–Trinajstić information content (AvgIpc) is 3.56. The summed E-state index contributed by atoms with van der Waals surface area (Å²) >= 11 is 0. The quantitative estimate of drug-likeness (QED) is 0.531. The van der Waals surface area contributed by atoms with E-state index in [0.717, 1.165) is 41.8 Å². The van der Waals surface area contributed by atoms with Gasteiger partial charge in [-0.1, -0.05) is 18.7 Å². The molecule has 0 spiro atoms. The van der Waals surface area contributed by atoms with Gasteiger partial charge < -0.3 is 25.4 Å². The first-order chi connectivity index (χ1) is 15.9. The summed E-state index contributed by atoms with van der Waals surface area (Å²) in [5.41, 5.74) is 2.73. The fourth-order valence-corrected chi connectivity index (χ4v) is 3.74. The van der Waals surface area contributed by atoms with Crippen molar-refractivity contribution < 1.29 is 27.8 Å². The number of carbonyl (C=O) groups is 1. The lowest BCUT2D eigenvalue weighted by molar-refractivity contribution is -0.274. The van der Waals surface area contributed by atoms with Crippen molar-refractivity contribution in [2.75, 3.05) is 23.8 Å². The highest BCUT2D eigenvalue weighted by molar-refractivity contribution is 5.72. The lowest BCUT2D eigenvalue weighted by Crippen LogP contribution is -2.38. The monoisotopic (exact) mass is 478 g/mol. The van der Waals surface area contributed by atoms with Crippen LogP contribution in [0.2, 0.25) is 0 Å². The molecule has 0 bridgehead atoms. The normalized spacial score (nSPS) is 16.4. The second-order valence-electron chi connectivity index (χ2n) is 8.99. The largest absolute Gasteiger partial charge is 0.573 e. The van der Waals surface area contributed by atoms with Crippen LogP contribution in [0.3, 0.4) is 0 Å². The Morgan fingerprint density at radius 2 is 1.94 bits per heavy atom.